The third-order valence-corrected chi connectivity index (χ3v) is 3.15. The smallest absolute Gasteiger partial charge is 0.169 e. The molecule has 0 aromatic carbocycles. The molecule has 1 atom stereocenters. The Morgan fingerprint density at radius 3 is 2.43 bits per heavy atom. The van der Waals surface area contributed by atoms with Gasteiger partial charge in [-0.05, 0) is 32.6 Å². The van der Waals surface area contributed by atoms with Crippen LogP contribution in [-0.4, -0.2) is 54.2 Å². The van der Waals surface area contributed by atoms with Gasteiger partial charge in [0.25, 0.3) is 0 Å². The largest absolute Gasteiger partial charge is 0.360 e. The molecule has 3 nitrogen and oxygen atoms in total. The Labute approximate surface area is 92.4 Å². The second-order valence-corrected chi connectivity index (χ2v) is 4.44. The van der Waals surface area contributed by atoms with Gasteiger partial charge in [0.2, 0.25) is 0 Å². The van der Waals surface area contributed by atoms with Crippen molar-refractivity contribution >= 4 is 17.3 Å². The van der Waals surface area contributed by atoms with E-state index in [-0.39, 0.29) is 0 Å². The number of hydrogen-bond donors (Lipinski definition) is 1. The fraction of sp³-hybridized carbons (Fsp3) is 0.900. The lowest BCUT2D eigenvalue weighted by Gasteiger charge is -2.35. The molecule has 1 N–H and O–H groups in total. The first-order valence-electron chi connectivity index (χ1n) is 5.37. The summed E-state index contributed by atoms with van der Waals surface area (Å²) < 4.78 is 0. The van der Waals surface area contributed by atoms with Crippen LogP contribution in [0.1, 0.15) is 20.3 Å². The Morgan fingerprint density at radius 1 is 1.36 bits per heavy atom. The second kappa shape index (κ2) is 5.51. The van der Waals surface area contributed by atoms with E-state index >= 15 is 0 Å². The van der Waals surface area contributed by atoms with Gasteiger partial charge in [-0.2, -0.15) is 0 Å². The first kappa shape index (κ1) is 11.7. The van der Waals surface area contributed by atoms with Crippen molar-refractivity contribution in [3.63, 3.8) is 0 Å². The fourth-order valence-corrected chi connectivity index (χ4v) is 1.80. The normalized spacial score (nSPS) is 20.6. The summed E-state index contributed by atoms with van der Waals surface area (Å²) in [7, 11) is 2.16. The lowest BCUT2D eigenvalue weighted by atomic mass is 10.3. The maximum absolute atomic E-state index is 5.35. The minimum absolute atomic E-state index is 0.488. The number of nitrogens with one attached hydrogen (secondary N) is 1. The average molecular weight is 215 g/mol. The van der Waals surface area contributed by atoms with Crippen molar-refractivity contribution < 1.29 is 0 Å². The molecule has 1 saturated heterocycles. The summed E-state index contributed by atoms with van der Waals surface area (Å²) in [6.07, 6.45) is 1.12. The Hall–Kier alpha value is -0.350. The van der Waals surface area contributed by atoms with Gasteiger partial charge in [0.1, 0.15) is 0 Å². The van der Waals surface area contributed by atoms with Crippen LogP contribution in [0.15, 0.2) is 0 Å². The highest BCUT2D eigenvalue weighted by Gasteiger charge is 2.16. The van der Waals surface area contributed by atoms with Crippen molar-refractivity contribution in [3.8, 4) is 0 Å². The molecule has 0 saturated carbocycles. The summed E-state index contributed by atoms with van der Waals surface area (Å²) in [6.45, 7) is 8.68. The molecule has 4 heteroatoms. The maximum atomic E-state index is 5.35. The zero-order valence-corrected chi connectivity index (χ0v) is 10.2. The predicted molar refractivity (Wildman–Crippen MR) is 64.6 cm³/mol. The molecule has 0 bridgehead atoms. The van der Waals surface area contributed by atoms with Crippen LogP contribution >= 0.6 is 12.2 Å². The Morgan fingerprint density at radius 2 is 1.93 bits per heavy atom. The Kier molecular flexibility index (Phi) is 4.62. The van der Waals surface area contributed by atoms with Gasteiger partial charge < -0.3 is 15.1 Å². The summed E-state index contributed by atoms with van der Waals surface area (Å²) in [5.74, 6) is 0. The highest BCUT2D eigenvalue weighted by Crippen LogP contribution is 2.00. The molecule has 0 aromatic rings. The van der Waals surface area contributed by atoms with Crippen LogP contribution in [0.4, 0.5) is 0 Å². The molecule has 1 rings (SSSR count). The molecular weight excluding hydrogens is 194 g/mol. The molecule has 0 amide bonds. The van der Waals surface area contributed by atoms with E-state index in [1.54, 1.807) is 0 Å². The lowest BCUT2D eigenvalue weighted by molar-refractivity contribution is 0.213. The van der Waals surface area contributed by atoms with Gasteiger partial charge in [-0.1, -0.05) is 6.92 Å². The molecule has 0 unspecified atom stereocenters. The summed E-state index contributed by atoms with van der Waals surface area (Å²) >= 11 is 5.35. The molecule has 0 spiro atoms. The highest BCUT2D eigenvalue weighted by molar-refractivity contribution is 7.80. The molecule has 0 radical (unpaired) electrons. The lowest BCUT2D eigenvalue weighted by Crippen LogP contribution is -2.51. The number of hydrogen-bond acceptors (Lipinski definition) is 2. The topological polar surface area (TPSA) is 18.5 Å². The minimum Gasteiger partial charge on any atom is -0.360 e. The minimum atomic E-state index is 0.488. The van der Waals surface area contributed by atoms with E-state index in [9.17, 15) is 0 Å². The monoisotopic (exact) mass is 215 g/mol. The molecular formula is C10H21N3S. The fourth-order valence-electron chi connectivity index (χ4n) is 1.41. The molecule has 1 heterocycles. The predicted octanol–water partition coefficient (Wildman–Crippen LogP) is 0.907. The third-order valence-electron chi connectivity index (χ3n) is 2.77. The van der Waals surface area contributed by atoms with Crippen LogP contribution in [-0.2, 0) is 0 Å². The number of thiocarbonyl (C=S) groups is 1. The number of nitrogens with zero attached hydrogens (tertiary/aromatic N) is 2. The molecule has 1 aliphatic rings. The van der Waals surface area contributed by atoms with Gasteiger partial charge in [0.15, 0.2) is 5.11 Å². The van der Waals surface area contributed by atoms with E-state index in [0.29, 0.717) is 6.04 Å². The van der Waals surface area contributed by atoms with Gasteiger partial charge in [0.05, 0.1) is 0 Å². The molecule has 82 valence electrons. The van der Waals surface area contributed by atoms with E-state index in [4.69, 9.17) is 12.2 Å². The van der Waals surface area contributed by atoms with Gasteiger partial charge in [-0.25, -0.2) is 0 Å². The van der Waals surface area contributed by atoms with E-state index in [1.165, 1.54) is 0 Å². The van der Waals surface area contributed by atoms with Crippen LogP contribution < -0.4 is 5.32 Å². The standard InChI is InChI=1S/C10H21N3S/c1-4-9(2)11-10(14)13-7-5-12(3)6-8-13/h9H,4-8H2,1-3H3,(H,11,14)/t9-/m0/s1. The molecule has 1 aliphatic heterocycles. The second-order valence-electron chi connectivity index (χ2n) is 4.05. The zero-order valence-electron chi connectivity index (χ0n) is 9.42. The summed E-state index contributed by atoms with van der Waals surface area (Å²) in [5, 5.41) is 4.28. The molecule has 14 heavy (non-hydrogen) atoms. The SMILES string of the molecule is CC[C@H](C)NC(=S)N1CCN(C)CC1. The van der Waals surface area contributed by atoms with Crippen LogP contribution in [0.5, 0.6) is 0 Å². The van der Waals surface area contributed by atoms with Crippen LogP contribution in [0.3, 0.4) is 0 Å². The summed E-state index contributed by atoms with van der Waals surface area (Å²) in [5.41, 5.74) is 0. The van der Waals surface area contributed by atoms with E-state index in [2.05, 4.69) is 36.0 Å². The van der Waals surface area contributed by atoms with Crippen LogP contribution in [0, 0.1) is 0 Å². The van der Waals surface area contributed by atoms with Crippen LogP contribution in [0.2, 0.25) is 0 Å². The van der Waals surface area contributed by atoms with E-state index < -0.39 is 0 Å². The van der Waals surface area contributed by atoms with Crippen molar-refractivity contribution in [2.75, 3.05) is 33.2 Å². The molecule has 0 aromatic heterocycles. The van der Waals surface area contributed by atoms with E-state index in [1.807, 2.05) is 0 Å². The third kappa shape index (κ3) is 3.42. The van der Waals surface area contributed by atoms with E-state index in [0.717, 1.165) is 37.7 Å². The zero-order chi connectivity index (χ0) is 10.6. The number of rotatable bonds is 2. The summed E-state index contributed by atoms with van der Waals surface area (Å²) in [6, 6.07) is 0.488. The van der Waals surface area contributed by atoms with Crippen LogP contribution in [0.25, 0.3) is 0 Å². The van der Waals surface area contributed by atoms with Crippen molar-refractivity contribution in [3.05, 3.63) is 0 Å². The summed E-state index contributed by atoms with van der Waals surface area (Å²) in [4.78, 5) is 4.60. The van der Waals surface area contributed by atoms with Crippen molar-refractivity contribution in [1.29, 1.82) is 0 Å². The number of likely N-dealkylation sites (N-methyl/N-ethyl adjacent to an activating group) is 1. The van der Waals surface area contributed by atoms with Crippen molar-refractivity contribution in [2.45, 2.75) is 26.3 Å². The van der Waals surface area contributed by atoms with Gasteiger partial charge in [0, 0.05) is 32.2 Å². The average Bonchev–Trinajstić information content (AvgIpc) is 2.18. The van der Waals surface area contributed by atoms with Gasteiger partial charge in [-0.3, -0.25) is 0 Å². The molecule has 0 aliphatic carbocycles. The first-order chi connectivity index (χ1) is 6.63. The first-order valence-corrected chi connectivity index (χ1v) is 5.78. The number of piperazine rings is 1. The quantitative estimate of drug-likeness (QED) is 0.690. The van der Waals surface area contributed by atoms with Gasteiger partial charge in [-0.15, -0.1) is 0 Å². The van der Waals surface area contributed by atoms with Crippen molar-refractivity contribution in [2.24, 2.45) is 0 Å². The Bertz CT molecular complexity index is 188. The molecule has 1 fully saturated rings. The van der Waals surface area contributed by atoms with Crippen molar-refractivity contribution in [1.82, 2.24) is 15.1 Å². The Balaban J connectivity index is 2.30. The maximum Gasteiger partial charge on any atom is 0.169 e. The highest BCUT2D eigenvalue weighted by atomic mass is 32.1. The van der Waals surface area contributed by atoms with Gasteiger partial charge >= 0.3 is 0 Å².